The van der Waals surface area contributed by atoms with Crippen LogP contribution in [0.15, 0.2) is 54.6 Å². The number of hydrogen-bond donors (Lipinski definition) is 3. The van der Waals surface area contributed by atoms with Gasteiger partial charge in [-0.05, 0) is 79.9 Å². The molecule has 1 saturated heterocycles. The summed E-state index contributed by atoms with van der Waals surface area (Å²) >= 11 is 12.7. The molecule has 5 rings (SSSR count). The van der Waals surface area contributed by atoms with E-state index in [-0.39, 0.29) is 24.8 Å². The molecule has 2 heterocycles. The molecular weight excluding hydrogens is 530 g/mol. The van der Waals surface area contributed by atoms with Gasteiger partial charge in [0.15, 0.2) is 0 Å². The lowest BCUT2D eigenvalue weighted by Crippen LogP contribution is -2.57. The zero-order valence-corrected chi connectivity index (χ0v) is 22.6. The molecule has 1 spiro atoms. The minimum Gasteiger partial charge on any atom is -0.485 e. The number of fused-ring (bicyclic) bond motifs is 2. The number of halogens is 3. The summed E-state index contributed by atoms with van der Waals surface area (Å²) in [6.45, 7) is 5.00. The van der Waals surface area contributed by atoms with Crippen LogP contribution in [0, 0.1) is 12.7 Å². The second-order valence-corrected chi connectivity index (χ2v) is 11.3. The van der Waals surface area contributed by atoms with Crippen LogP contribution in [0.25, 0.3) is 0 Å². The van der Waals surface area contributed by atoms with Crippen molar-refractivity contribution in [3.8, 4) is 5.75 Å². The van der Waals surface area contributed by atoms with Crippen molar-refractivity contribution in [1.82, 2.24) is 5.32 Å². The van der Waals surface area contributed by atoms with E-state index in [9.17, 15) is 19.1 Å². The van der Waals surface area contributed by atoms with Crippen LogP contribution in [0.5, 0.6) is 5.75 Å². The van der Waals surface area contributed by atoms with E-state index < -0.39 is 28.8 Å². The monoisotopic (exact) mass is 556 g/mol. The van der Waals surface area contributed by atoms with Crippen LogP contribution in [0.4, 0.5) is 10.1 Å². The van der Waals surface area contributed by atoms with Crippen molar-refractivity contribution in [3.63, 3.8) is 0 Å². The van der Waals surface area contributed by atoms with E-state index in [0.29, 0.717) is 38.2 Å². The van der Waals surface area contributed by atoms with Gasteiger partial charge in [-0.3, -0.25) is 9.59 Å². The Labute approximate surface area is 230 Å². The number of benzene rings is 3. The molecule has 198 valence electrons. The number of rotatable bonds is 5. The molecule has 38 heavy (non-hydrogen) atoms. The first-order valence-corrected chi connectivity index (χ1v) is 13.0. The fraction of sp³-hybridized carbons (Fsp3) is 0.310. The number of carbonyl (C=O) groups excluding carboxylic acids is 2. The van der Waals surface area contributed by atoms with Crippen LogP contribution in [0.2, 0.25) is 10.0 Å². The van der Waals surface area contributed by atoms with Gasteiger partial charge in [0, 0.05) is 33.6 Å². The highest BCUT2D eigenvalue weighted by molar-refractivity contribution is 6.31. The zero-order chi connectivity index (χ0) is 27.4. The number of amides is 2. The van der Waals surface area contributed by atoms with Gasteiger partial charge < -0.3 is 20.5 Å². The van der Waals surface area contributed by atoms with Crippen LogP contribution in [-0.4, -0.2) is 29.1 Å². The van der Waals surface area contributed by atoms with Gasteiger partial charge in [0.05, 0.1) is 12.6 Å². The third kappa shape index (κ3) is 4.32. The van der Waals surface area contributed by atoms with E-state index in [0.717, 1.165) is 5.56 Å². The lowest BCUT2D eigenvalue weighted by molar-refractivity contribution is -0.131. The minimum atomic E-state index is -1.39. The molecule has 0 aromatic heterocycles. The van der Waals surface area contributed by atoms with Gasteiger partial charge in [0.2, 0.25) is 11.8 Å². The van der Waals surface area contributed by atoms with Gasteiger partial charge in [-0.25, -0.2) is 4.39 Å². The Morgan fingerprint density at radius 1 is 1.05 bits per heavy atom. The fourth-order valence-electron chi connectivity index (χ4n) is 5.66. The van der Waals surface area contributed by atoms with Crippen molar-refractivity contribution < 1.29 is 23.8 Å². The molecule has 9 heteroatoms. The standard InChI is InChI=1S/C29H27Cl2FN2O4/c1-15-4-7-18(32)12-19(15)26-29(21-8-5-17(31)11-23(21)33-27(29)37)22(13-25(36)34-26)20-10-16(30)6-9-24(20)38-28(2,3)14-35/h4-12,22,26,35H,13-14H2,1-3H3,(H,33,37)(H,34,36)/t22-,26+,29-/m1/s1. The lowest BCUT2D eigenvalue weighted by Gasteiger charge is -2.47. The summed E-state index contributed by atoms with van der Waals surface area (Å²) in [6.07, 6.45) is -0.0589. The average Bonchev–Trinajstić information content (AvgIpc) is 3.14. The largest absolute Gasteiger partial charge is 0.485 e. The topological polar surface area (TPSA) is 87.7 Å². The molecule has 3 aromatic rings. The number of ether oxygens (including phenoxy) is 1. The summed E-state index contributed by atoms with van der Waals surface area (Å²) in [5.41, 5.74) is 0.538. The highest BCUT2D eigenvalue weighted by atomic mass is 35.5. The molecule has 0 bridgehead atoms. The second-order valence-electron chi connectivity index (χ2n) is 10.5. The van der Waals surface area contributed by atoms with Gasteiger partial charge in [-0.1, -0.05) is 35.3 Å². The van der Waals surface area contributed by atoms with Crippen LogP contribution < -0.4 is 15.4 Å². The molecule has 3 atom stereocenters. The summed E-state index contributed by atoms with van der Waals surface area (Å²) in [4.78, 5) is 27.5. The lowest BCUT2D eigenvalue weighted by atomic mass is 9.59. The van der Waals surface area contributed by atoms with Crippen molar-refractivity contribution in [1.29, 1.82) is 0 Å². The van der Waals surface area contributed by atoms with E-state index in [1.165, 1.54) is 12.1 Å². The van der Waals surface area contributed by atoms with Crippen LogP contribution in [-0.2, 0) is 15.0 Å². The Hall–Kier alpha value is -3.13. The first kappa shape index (κ1) is 26.5. The summed E-state index contributed by atoms with van der Waals surface area (Å²) in [7, 11) is 0. The van der Waals surface area contributed by atoms with Crippen LogP contribution in [0.1, 0.15) is 54.5 Å². The van der Waals surface area contributed by atoms with Crippen molar-refractivity contribution in [2.24, 2.45) is 0 Å². The molecule has 0 aliphatic carbocycles. The Balaban J connectivity index is 1.83. The predicted molar refractivity (Wildman–Crippen MR) is 144 cm³/mol. The van der Waals surface area contributed by atoms with Gasteiger partial charge in [0.25, 0.3) is 0 Å². The third-order valence-electron chi connectivity index (χ3n) is 7.42. The number of hydrogen-bond acceptors (Lipinski definition) is 4. The summed E-state index contributed by atoms with van der Waals surface area (Å²) in [5.74, 6) is -1.52. The molecule has 0 saturated carbocycles. The molecule has 3 aromatic carbocycles. The molecular formula is C29H27Cl2FN2O4. The fourth-order valence-corrected chi connectivity index (χ4v) is 6.01. The Bertz CT molecular complexity index is 1460. The molecule has 1 fully saturated rings. The van der Waals surface area contributed by atoms with Gasteiger partial charge in [0.1, 0.15) is 22.6 Å². The van der Waals surface area contributed by atoms with Crippen molar-refractivity contribution in [2.45, 2.75) is 50.2 Å². The smallest absolute Gasteiger partial charge is 0.238 e. The van der Waals surface area contributed by atoms with E-state index >= 15 is 0 Å². The van der Waals surface area contributed by atoms with Crippen molar-refractivity contribution >= 4 is 40.7 Å². The Morgan fingerprint density at radius 2 is 1.76 bits per heavy atom. The van der Waals surface area contributed by atoms with Gasteiger partial charge in [-0.2, -0.15) is 0 Å². The second kappa shape index (κ2) is 9.56. The summed E-state index contributed by atoms with van der Waals surface area (Å²) in [6, 6.07) is 13.5. The van der Waals surface area contributed by atoms with Gasteiger partial charge in [-0.15, -0.1) is 0 Å². The summed E-state index contributed by atoms with van der Waals surface area (Å²) < 4.78 is 20.8. The van der Waals surface area contributed by atoms with Crippen LogP contribution in [0.3, 0.4) is 0 Å². The predicted octanol–water partition coefficient (Wildman–Crippen LogP) is 5.83. The summed E-state index contributed by atoms with van der Waals surface area (Å²) in [5, 5.41) is 16.7. The molecule has 3 N–H and O–H groups in total. The molecule has 6 nitrogen and oxygen atoms in total. The molecule has 0 radical (unpaired) electrons. The molecule has 2 aliphatic heterocycles. The van der Waals surface area contributed by atoms with E-state index in [1.54, 1.807) is 56.3 Å². The van der Waals surface area contributed by atoms with Crippen LogP contribution >= 0.6 is 23.2 Å². The number of nitrogens with one attached hydrogen (secondary N) is 2. The maximum atomic E-state index is 14.6. The van der Waals surface area contributed by atoms with Gasteiger partial charge >= 0.3 is 0 Å². The molecule has 2 aliphatic rings. The van der Waals surface area contributed by atoms with E-state index in [1.807, 2.05) is 6.92 Å². The third-order valence-corrected chi connectivity index (χ3v) is 7.89. The first-order valence-electron chi connectivity index (χ1n) is 12.2. The number of carbonyl (C=O) groups is 2. The number of anilines is 1. The maximum Gasteiger partial charge on any atom is 0.238 e. The molecule has 0 unspecified atom stereocenters. The minimum absolute atomic E-state index is 0.0589. The maximum absolute atomic E-state index is 14.6. The number of aryl methyl sites for hydroxylation is 1. The normalized spacial score (nSPS) is 22.7. The van der Waals surface area contributed by atoms with Crippen molar-refractivity contribution in [2.75, 3.05) is 11.9 Å². The number of aliphatic hydroxyl groups excluding tert-OH is 1. The molecule has 2 amide bonds. The Kier molecular flexibility index (Phi) is 6.66. The highest BCUT2D eigenvalue weighted by Crippen LogP contribution is 2.59. The van der Waals surface area contributed by atoms with E-state index in [4.69, 9.17) is 27.9 Å². The highest BCUT2D eigenvalue weighted by Gasteiger charge is 2.62. The quantitative estimate of drug-likeness (QED) is 0.369. The average molecular weight is 557 g/mol. The van der Waals surface area contributed by atoms with Crippen molar-refractivity contribution in [3.05, 3.63) is 92.7 Å². The number of piperidine rings is 1. The van der Waals surface area contributed by atoms with E-state index in [2.05, 4.69) is 10.6 Å². The number of aliphatic hydroxyl groups is 1. The Morgan fingerprint density at radius 3 is 2.50 bits per heavy atom. The SMILES string of the molecule is Cc1ccc(F)cc1[C@@H]1NC(=O)C[C@H](c2cc(Cl)ccc2OC(C)(C)CO)[C@@]12C(=O)Nc1cc(Cl)ccc12. The first-order chi connectivity index (χ1) is 18.0. The zero-order valence-electron chi connectivity index (χ0n) is 21.1.